The van der Waals surface area contributed by atoms with Gasteiger partial charge in [0.05, 0.1) is 10.2 Å². The molecule has 5 rings (SSSR count). The number of carbonyl (C=O) groups is 1. The van der Waals surface area contributed by atoms with E-state index in [1.165, 1.54) is 11.3 Å². The lowest BCUT2D eigenvalue weighted by Gasteiger charge is -2.35. The van der Waals surface area contributed by atoms with Gasteiger partial charge >= 0.3 is 0 Å². The van der Waals surface area contributed by atoms with Gasteiger partial charge in [-0.3, -0.25) is 4.79 Å². The predicted molar refractivity (Wildman–Crippen MR) is 127 cm³/mol. The number of amides is 1. The molecule has 0 bridgehead atoms. The molecular formula is C23H23N7OS. The van der Waals surface area contributed by atoms with Crippen molar-refractivity contribution in [2.45, 2.75) is 13.8 Å². The maximum Gasteiger partial charge on any atom is 0.282 e. The van der Waals surface area contributed by atoms with Crippen LogP contribution in [0.15, 0.2) is 48.7 Å². The van der Waals surface area contributed by atoms with Gasteiger partial charge in [0.15, 0.2) is 5.01 Å². The molecule has 8 nitrogen and oxygen atoms in total. The van der Waals surface area contributed by atoms with Gasteiger partial charge in [-0.1, -0.05) is 12.1 Å². The number of hydrogen-bond donors (Lipinski definition) is 1. The van der Waals surface area contributed by atoms with E-state index in [0.717, 1.165) is 27.4 Å². The molecule has 1 aliphatic heterocycles. The highest BCUT2D eigenvalue weighted by Crippen LogP contribution is 2.24. The smallest absolute Gasteiger partial charge is 0.282 e. The van der Waals surface area contributed by atoms with Crippen molar-refractivity contribution in [1.82, 2.24) is 24.8 Å². The van der Waals surface area contributed by atoms with Gasteiger partial charge in [0.25, 0.3) is 5.91 Å². The molecule has 0 atom stereocenters. The Kier molecular flexibility index (Phi) is 5.40. The summed E-state index contributed by atoms with van der Waals surface area (Å²) in [7, 11) is 0. The van der Waals surface area contributed by atoms with Crippen molar-refractivity contribution in [3.63, 3.8) is 0 Å². The Hall–Kier alpha value is -3.59. The molecule has 4 aromatic rings. The van der Waals surface area contributed by atoms with Gasteiger partial charge in [0, 0.05) is 38.4 Å². The summed E-state index contributed by atoms with van der Waals surface area (Å²) in [6.45, 7) is 6.56. The number of aryl methyl sites for hydroxylation is 2. The molecule has 162 valence electrons. The fourth-order valence-corrected chi connectivity index (χ4v) is 4.68. The first-order valence-corrected chi connectivity index (χ1v) is 11.3. The van der Waals surface area contributed by atoms with Crippen LogP contribution in [-0.2, 0) is 0 Å². The van der Waals surface area contributed by atoms with Crippen molar-refractivity contribution in [3.05, 3.63) is 65.1 Å². The fraction of sp³-hybridized carbons (Fsp3) is 0.261. The molecule has 32 heavy (non-hydrogen) atoms. The van der Waals surface area contributed by atoms with E-state index in [9.17, 15) is 4.79 Å². The average molecular weight is 446 g/mol. The van der Waals surface area contributed by atoms with Gasteiger partial charge in [0.2, 0.25) is 0 Å². The van der Waals surface area contributed by atoms with Crippen LogP contribution in [0.1, 0.15) is 21.2 Å². The van der Waals surface area contributed by atoms with Crippen LogP contribution in [0.25, 0.3) is 10.2 Å². The molecule has 9 heteroatoms. The second-order valence-electron chi connectivity index (χ2n) is 7.77. The second-order valence-corrected chi connectivity index (χ2v) is 8.80. The molecule has 1 N–H and O–H groups in total. The molecule has 1 aliphatic rings. The summed E-state index contributed by atoms with van der Waals surface area (Å²) in [5.41, 5.74) is 2.00. The van der Waals surface area contributed by atoms with Crippen molar-refractivity contribution in [1.29, 1.82) is 0 Å². The molecule has 0 unspecified atom stereocenters. The van der Waals surface area contributed by atoms with E-state index in [1.54, 1.807) is 6.20 Å². The van der Waals surface area contributed by atoms with E-state index in [-0.39, 0.29) is 5.91 Å². The minimum absolute atomic E-state index is 0.00223. The van der Waals surface area contributed by atoms with Crippen LogP contribution >= 0.6 is 11.3 Å². The number of pyridine rings is 1. The van der Waals surface area contributed by atoms with Gasteiger partial charge in [-0.05, 0) is 43.7 Å². The van der Waals surface area contributed by atoms with E-state index in [0.29, 0.717) is 42.8 Å². The number of fused-ring (bicyclic) bond motifs is 1. The van der Waals surface area contributed by atoms with Crippen molar-refractivity contribution >= 4 is 44.9 Å². The standard InChI is InChI=1S/C23H23N7OS/c1-15-7-8-24-19(13-15)28-20-14-21(26-16(2)25-20)29-9-11-30(12-10-29)23(31)22-27-17-5-3-4-6-18(17)32-22/h3-8,13-14H,9-12H2,1-2H3,(H,24,25,26,28). The number of thiazole rings is 1. The molecule has 0 radical (unpaired) electrons. The second kappa shape index (κ2) is 8.51. The maximum atomic E-state index is 13.0. The lowest BCUT2D eigenvalue weighted by molar-refractivity contribution is 0.0746. The summed E-state index contributed by atoms with van der Waals surface area (Å²) in [4.78, 5) is 35.0. The third kappa shape index (κ3) is 4.24. The monoisotopic (exact) mass is 445 g/mol. The lowest BCUT2D eigenvalue weighted by Crippen LogP contribution is -2.49. The molecule has 0 aliphatic carbocycles. The number of hydrogen-bond acceptors (Lipinski definition) is 8. The summed E-state index contributed by atoms with van der Waals surface area (Å²) < 4.78 is 1.04. The minimum atomic E-state index is -0.00223. The summed E-state index contributed by atoms with van der Waals surface area (Å²) in [5, 5.41) is 3.82. The molecule has 1 aromatic carbocycles. The summed E-state index contributed by atoms with van der Waals surface area (Å²) in [6.07, 6.45) is 1.77. The van der Waals surface area contributed by atoms with Crippen LogP contribution in [0.4, 0.5) is 17.5 Å². The first-order chi connectivity index (χ1) is 15.5. The van der Waals surface area contributed by atoms with Gasteiger partial charge in [-0.15, -0.1) is 11.3 Å². The number of carbonyl (C=O) groups excluding carboxylic acids is 1. The SMILES string of the molecule is Cc1ccnc(Nc2cc(N3CCN(C(=O)c4nc5ccccc5s4)CC3)nc(C)n2)c1. The van der Waals surface area contributed by atoms with E-state index >= 15 is 0 Å². The van der Waals surface area contributed by atoms with Crippen LogP contribution in [0, 0.1) is 13.8 Å². The van der Waals surface area contributed by atoms with Crippen molar-refractivity contribution in [2.24, 2.45) is 0 Å². The number of aromatic nitrogens is 4. The Labute approximate surface area is 190 Å². The normalized spacial score (nSPS) is 14.1. The number of nitrogens with zero attached hydrogens (tertiary/aromatic N) is 6. The molecule has 4 heterocycles. The van der Waals surface area contributed by atoms with Crippen molar-refractivity contribution in [2.75, 3.05) is 36.4 Å². The van der Waals surface area contributed by atoms with E-state index < -0.39 is 0 Å². The minimum Gasteiger partial charge on any atom is -0.353 e. The third-order valence-electron chi connectivity index (χ3n) is 5.36. The average Bonchev–Trinajstić information content (AvgIpc) is 3.23. The van der Waals surface area contributed by atoms with Gasteiger partial charge < -0.3 is 15.1 Å². The van der Waals surface area contributed by atoms with E-state index in [4.69, 9.17) is 0 Å². The molecule has 1 saturated heterocycles. The Morgan fingerprint density at radius 1 is 0.969 bits per heavy atom. The van der Waals surface area contributed by atoms with Gasteiger partial charge in [-0.2, -0.15) is 0 Å². The number of anilines is 3. The first-order valence-electron chi connectivity index (χ1n) is 10.5. The molecule has 3 aromatic heterocycles. The number of benzene rings is 1. The Balaban J connectivity index is 1.27. The number of para-hydroxylation sites is 1. The Morgan fingerprint density at radius 3 is 2.56 bits per heavy atom. The zero-order chi connectivity index (χ0) is 22.1. The highest BCUT2D eigenvalue weighted by Gasteiger charge is 2.25. The predicted octanol–water partition coefficient (Wildman–Crippen LogP) is 3.80. The molecular weight excluding hydrogens is 422 g/mol. The van der Waals surface area contributed by atoms with Crippen LogP contribution in [-0.4, -0.2) is 56.9 Å². The van der Waals surface area contributed by atoms with E-state index in [2.05, 4.69) is 30.2 Å². The number of piperazine rings is 1. The van der Waals surface area contributed by atoms with Crippen LogP contribution < -0.4 is 10.2 Å². The Bertz CT molecular complexity index is 1250. The zero-order valence-corrected chi connectivity index (χ0v) is 18.8. The quantitative estimate of drug-likeness (QED) is 0.511. The summed E-state index contributed by atoms with van der Waals surface area (Å²) in [5.74, 6) is 2.99. The molecule has 1 fully saturated rings. The summed E-state index contributed by atoms with van der Waals surface area (Å²) >= 11 is 1.45. The lowest BCUT2D eigenvalue weighted by atomic mass is 10.3. The highest BCUT2D eigenvalue weighted by molar-refractivity contribution is 7.20. The zero-order valence-electron chi connectivity index (χ0n) is 17.9. The third-order valence-corrected chi connectivity index (χ3v) is 6.39. The summed E-state index contributed by atoms with van der Waals surface area (Å²) in [6, 6.07) is 13.7. The largest absolute Gasteiger partial charge is 0.353 e. The van der Waals surface area contributed by atoms with Crippen molar-refractivity contribution in [3.8, 4) is 0 Å². The van der Waals surface area contributed by atoms with Gasteiger partial charge in [-0.25, -0.2) is 19.9 Å². The number of nitrogens with one attached hydrogen (secondary N) is 1. The number of rotatable bonds is 4. The first kappa shape index (κ1) is 20.3. The fourth-order valence-electron chi connectivity index (χ4n) is 3.75. The topological polar surface area (TPSA) is 87.1 Å². The van der Waals surface area contributed by atoms with Crippen LogP contribution in [0.2, 0.25) is 0 Å². The van der Waals surface area contributed by atoms with E-state index in [1.807, 2.05) is 61.2 Å². The molecule has 0 spiro atoms. The maximum absolute atomic E-state index is 13.0. The molecule has 0 saturated carbocycles. The van der Waals surface area contributed by atoms with Crippen LogP contribution in [0.5, 0.6) is 0 Å². The Morgan fingerprint density at radius 2 is 1.78 bits per heavy atom. The van der Waals surface area contributed by atoms with Crippen LogP contribution in [0.3, 0.4) is 0 Å². The highest BCUT2D eigenvalue weighted by atomic mass is 32.1. The molecule has 1 amide bonds. The van der Waals surface area contributed by atoms with Crippen molar-refractivity contribution < 1.29 is 4.79 Å². The van der Waals surface area contributed by atoms with Gasteiger partial charge in [0.1, 0.15) is 23.3 Å².